The molecule has 0 spiro atoms. The summed E-state index contributed by atoms with van der Waals surface area (Å²) in [6.07, 6.45) is 0.953. The van der Waals surface area contributed by atoms with Crippen molar-refractivity contribution >= 4 is 47.0 Å². The first kappa shape index (κ1) is 31.4. The van der Waals surface area contributed by atoms with E-state index in [1.54, 1.807) is 30.3 Å². The number of benzene rings is 3. The molecule has 0 aromatic heterocycles. The van der Waals surface area contributed by atoms with Gasteiger partial charge in [0.05, 0.1) is 19.0 Å². The molecule has 41 heavy (non-hydrogen) atoms. The Balaban J connectivity index is 1.34. The predicted octanol–water partition coefficient (Wildman–Crippen LogP) is 5.08. The summed E-state index contributed by atoms with van der Waals surface area (Å²) in [5.74, 6) is -1.86. The number of aliphatic carboxylic acids is 1. The highest BCUT2D eigenvalue weighted by atomic mass is 35.5. The molecule has 0 saturated carbocycles. The van der Waals surface area contributed by atoms with Crippen LogP contribution in [0, 0.1) is 0 Å². The number of carbonyl (C=O) groups is 4. The molecule has 9 nitrogen and oxygen atoms in total. The monoisotopic (exact) mass is 598 g/mol. The summed E-state index contributed by atoms with van der Waals surface area (Å²) in [7, 11) is 0. The van der Waals surface area contributed by atoms with Crippen LogP contribution < -0.4 is 21.3 Å². The van der Waals surface area contributed by atoms with Crippen LogP contribution in [0.3, 0.4) is 0 Å². The van der Waals surface area contributed by atoms with Crippen molar-refractivity contribution in [1.82, 2.24) is 21.3 Å². The Morgan fingerprint density at radius 1 is 0.780 bits per heavy atom. The number of halogens is 2. The molecular formula is C30H32Cl2N4O5. The third-order valence-corrected chi connectivity index (χ3v) is 6.74. The van der Waals surface area contributed by atoms with Crippen LogP contribution in [0.5, 0.6) is 0 Å². The predicted molar refractivity (Wildman–Crippen MR) is 159 cm³/mol. The lowest BCUT2D eigenvalue weighted by atomic mass is 9.99. The van der Waals surface area contributed by atoms with Crippen LogP contribution in [0.1, 0.15) is 42.9 Å². The highest BCUT2D eigenvalue weighted by molar-refractivity contribution is 6.35. The molecule has 0 aliphatic heterocycles. The zero-order chi connectivity index (χ0) is 29.6. The van der Waals surface area contributed by atoms with E-state index in [-0.39, 0.29) is 37.9 Å². The van der Waals surface area contributed by atoms with Crippen LogP contribution in [0.2, 0.25) is 10.0 Å². The van der Waals surface area contributed by atoms with Gasteiger partial charge in [-0.05, 0) is 47.2 Å². The standard InChI is InChI=1S/C30H32Cl2N4O5/c31-24-14-13-23(25(32)16-24)18-35-30(41)33-15-5-4-8-27(37)34-19-28(38)36-26(17-29(39)40)22-11-9-21(10-12-22)20-6-2-1-3-7-20/h1-3,6-7,9-14,16,26H,4-5,8,15,17-19H2,(H,34,37)(H,36,38)(H,39,40)(H2,33,35,41). The van der Waals surface area contributed by atoms with Crippen molar-refractivity contribution in [3.8, 4) is 11.1 Å². The van der Waals surface area contributed by atoms with Gasteiger partial charge in [-0.25, -0.2) is 4.79 Å². The molecule has 3 aromatic rings. The molecule has 11 heteroatoms. The van der Waals surface area contributed by atoms with E-state index < -0.39 is 17.9 Å². The molecule has 4 amide bonds. The maximum absolute atomic E-state index is 12.5. The lowest BCUT2D eigenvalue weighted by Gasteiger charge is -2.18. The van der Waals surface area contributed by atoms with Crippen LogP contribution in [-0.2, 0) is 20.9 Å². The third kappa shape index (κ3) is 11.1. The number of carboxylic acids is 1. The van der Waals surface area contributed by atoms with E-state index in [1.165, 1.54) is 0 Å². The van der Waals surface area contributed by atoms with Crippen molar-refractivity contribution in [2.24, 2.45) is 0 Å². The largest absolute Gasteiger partial charge is 0.481 e. The molecule has 3 aromatic carbocycles. The van der Waals surface area contributed by atoms with Crippen molar-refractivity contribution in [3.63, 3.8) is 0 Å². The Bertz CT molecular complexity index is 1340. The second kappa shape index (κ2) is 16.2. The molecule has 0 saturated heterocycles. The number of hydrogen-bond acceptors (Lipinski definition) is 4. The highest BCUT2D eigenvalue weighted by Gasteiger charge is 2.18. The molecule has 0 bridgehead atoms. The molecule has 0 radical (unpaired) electrons. The molecule has 5 N–H and O–H groups in total. The first-order valence-corrected chi connectivity index (χ1v) is 13.9. The average molecular weight is 600 g/mol. The van der Waals surface area contributed by atoms with Crippen molar-refractivity contribution in [3.05, 3.63) is 94.0 Å². The van der Waals surface area contributed by atoms with E-state index >= 15 is 0 Å². The molecule has 0 aliphatic rings. The Hall–Kier alpha value is -4.08. The highest BCUT2D eigenvalue weighted by Crippen LogP contribution is 2.23. The average Bonchev–Trinajstić information content (AvgIpc) is 2.95. The lowest BCUT2D eigenvalue weighted by Crippen LogP contribution is -2.39. The first-order chi connectivity index (χ1) is 19.7. The minimum atomic E-state index is -1.05. The molecule has 216 valence electrons. The fourth-order valence-corrected chi connectivity index (χ4v) is 4.47. The maximum Gasteiger partial charge on any atom is 0.315 e. The molecular weight excluding hydrogens is 567 g/mol. The van der Waals surface area contributed by atoms with Crippen LogP contribution in [0.25, 0.3) is 11.1 Å². The number of urea groups is 1. The minimum Gasteiger partial charge on any atom is -0.481 e. The van der Waals surface area contributed by atoms with Gasteiger partial charge in [-0.1, -0.05) is 83.9 Å². The van der Waals surface area contributed by atoms with E-state index in [2.05, 4.69) is 21.3 Å². The maximum atomic E-state index is 12.5. The Labute approximate surface area is 248 Å². The second-order valence-corrected chi connectivity index (χ2v) is 10.1. The Morgan fingerprint density at radius 3 is 2.17 bits per heavy atom. The Kier molecular flexibility index (Phi) is 12.5. The van der Waals surface area contributed by atoms with Gasteiger partial charge in [-0.15, -0.1) is 0 Å². The molecule has 1 atom stereocenters. The van der Waals surface area contributed by atoms with Gasteiger partial charge in [0.15, 0.2) is 0 Å². The summed E-state index contributed by atoms with van der Waals surface area (Å²) in [5, 5.41) is 21.0. The van der Waals surface area contributed by atoms with Gasteiger partial charge in [0, 0.05) is 29.6 Å². The van der Waals surface area contributed by atoms with Gasteiger partial charge >= 0.3 is 12.0 Å². The molecule has 1 unspecified atom stereocenters. The SMILES string of the molecule is O=C(O)CC(NC(=O)CNC(=O)CCCCNC(=O)NCc1ccc(Cl)cc1Cl)c1ccc(-c2ccccc2)cc1. The summed E-state index contributed by atoms with van der Waals surface area (Å²) < 4.78 is 0. The zero-order valence-corrected chi connectivity index (χ0v) is 23.8. The number of unbranched alkanes of at least 4 members (excludes halogenated alkanes) is 1. The number of hydrogen-bond donors (Lipinski definition) is 5. The van der Waals surface area contributed by atoms with Gasteiger partial charge < -0.3 is 26.4 Å². The number of carboxylic acid groups (broad SMARTS) is 1. The topological polar surface area (TPSA) is 137 Å². The fraction of sp³-hybridized carbons (Fsp3) is 0.267. The van der Waals surface area contributed by atoms with Crippen molar-refractivity contribution in [2.45, 2.75) is 38.3 Å². The van der Waals surface area contributed by atoms with E-state index in [4.69, 9.17) is 23.2 Å². The van der Waals surface area contributed by atoms with Crippen molar-refractivity contribution < 1.29 is 24.3 Å². The van der Waals surface area contributed by atoms with Crippen molar-refractivity contribution in [1.29, 1.82) is 0 Å². The quantitative estimate of drug-likeness (QED) is 0.165. The summed E-state index contributed by atoms with van der Waals surface area (Å²) in [4.78, 5) is 48.0. The molecule has 3 rings (SSSR count). The molecule has 0 aliphatic carbocycles. The third-order valence-electron chi connectivity index (χ3n) is 6.15. The fourth-order valence-electron chi connectivity index (χ4n) is 3.99. The van der Waals surface area contributed by atoms with Gasteiger partial charge in [0.1, 0.15) is 0 Å². The van der Waals surface area contributed by atoms with Crippen LogP contribution >= 0.6 is 23.2 Å². The van der Waals surface area contributed by atoms with Gasteiger partial charge in [0.2, 0.25) is 11.8 Å². The number of rotatable bonds is 14. The number of amides is 4. The summed E-state index contributed by atoms with van der Waals surface area (Å²) in [6.45, 7) is 0.345. The van der Waals surface area contributed by atoms with E-state index in [1.807, 2.05) is 42.5 Å². The summed E-state index contributed by atoms with van der Waals surface area (Å²) in [6, 6.07) is 21.0. The van der Waals surface area contributed by atoms with E-state index in [0.717, 1.165) is 16.7 Å². The number of nitrogens with one attached hydrogen (secondary N) is 4. The van der Waals surface area contributed by atoms with Gasteiger partial charge in [-0.2, -0.15) is 0 Å². The summed E-state index contributed by atoms with van der Waals surface area (Å²) in [5.41, 5.74) is 3.39. The number of carbonyl (C=O) groups excluding carboxylic acids is 3. The Morgan fingerprint density at radius 2 is 1.49 bits per heavy atom. The molecule has 0 heterocycles. The first-order valence-electron chi connectivity index (χ1n) is 13.1. The van der Waals surface area contributed by atoms with Crippen LogP contribution in [-0.4, -0.2) is 42.0 Å². The van der Waals surface area contributed by atoms with E-state index in [0.29, 0.717) is 35.0 Å². The minimum absolute atomic E-state index is 0.177. The zero-order valence-electron chi connectivity index (χ0n) is 22.3. The lowest BCUT2D eigenvalue weighted by molar-refractivity contribution is -0.138. The van der Waals surface area contributed by atoms with Crippen LogP contribution in [0.15, 0.2) is 72.8 Å². The van der Waals surface area contributed by atoms with Gasteiger partial charge in [-0.3, -0.25) is 14.4 Å². The summed E-state index contributed by atoms with van der Waals surface area (Å²) >= 11 is 12.0. The van der Waals surface area contributed by atoms with Crippen LogP contribution in [0.4, 0.5) is 4.79 Å². The van der Waals surface area contributed by atoms with Crippen molar-refractivity contribution in [2.75, 3.05) is 13.1 Å². The smallest absolute Gasteiger partial charge is 0.315 e. The van der Waals surface area contributed by atoms with Gasteiger partial charge in [0.25, 0.3) is 0 Å². The second-order valence-electron chi connectivity index (χ2n) is 9.29. The normalized spacial score (nSPS) is 11.3. The van der Waals surface area contributed by atoms with E-state index in [9.17, 15) is 24.3 Å². The molecule has 0 fully saturated rings.